The number of aliphatic hydroxyl groups excluding tert-OH is 1. The van der Waals surface area contributed by atoms with Gasteiger partial charge in [-0.3, -0.25) is 4.79 Å². The summed E-state index contributed by atoms with van der Waals surface area (Å²) in [5.74, 6) is -0.602. The Morgan fingerprint density at radius 2 is 2.31 bits per heavy atom. The summed E-state index contributed by atoms with van der Waals surface area (Å²) in [7, 11) is 0. The van der Waals surface area contributed by atoms with Crippen LogP contribution in [0.2, 0.25) is 0 Å². The molecule has 0 aromatic heterocycles. The van der Waals surface area contributed by atoms with Crippen LogP contribution in [0.4, 0.5) is 0 Å². The first-order chi connectivity index (χ1) is 7.56. The lowest BCUT2D eigenvalue weighted by Crippen LogP contribution is -2.38. The maximum atomic E-state index is 11.3. The molecule has 0 bridgehead atoms. The van der Waals surface area contributed by atoms with Gasteiger partial charge in [-0.15, -0.1) is 0 Å². The molecule has 16 heavy (non-hydrogen) atoms. The molecule has 1 aromatic carbocycles. The standard InChI is InChI=1S/C11H14BrNO3/c1-2-16-11(15)9(13)10(14)7-4-3-5-8(12)6-7/h3-6,9-10,14H,2,13H2,1H3. The van der Waals surface area contributed by atoms with E-state index < -0.39 is 18.1 Å². The monoisotopic (exact) mass is 287 g/mol. The fraction of sp³-hybridized carbons (Fsp3) is 0.364. The van der Waals surface area contributed by atoms with Crippen molar-refractivity contribution in [2.45, 2.75) is 19.1 Å². The highest BCUT2D eigenvalue weighted by Gasteiger charge is 2.25. The second-order valence-electron chi connectivity index (χ2n) is 3.28. The number of carbonyl (C=O) groups excluding carboxylic acids is 1. The third-order valence-corrected chi connectivity index (χ3v) is 2.58. The topological polar surface area (TPSA) is 72.5 Å². The van der Waals surface area contributed by atoms with Gasteiger partial charge in [-0.1, -0.05) is 28.1 Å². The van der Waals surface area contributed by atoms with Gasteiger partial charge in [0.05, 0.1) is 6.61 Å². The smallest absolute Gasteiger partial charge is 0.325 e. The van der Waals surface area contributed by atoms with E-state index in [0.29, 0.717) is 5.56 Å². The number of nitrogens with two attached hydrogens (primary N) is 1. The fourth-order valence-corrected chi connectivity index (χ4v) is 1.68. The average molecular weight is 288 g/mol. The molecule has 0 radical (unpaired) electrons. The molecule has 2 unspecified atom stereocenters. The first-order valence-corrected chi connectivity index (χ1v) is 5.71. The Bertz CT molecular complexity index is 370. The van der Waals surface area contributed by atoms with Crippen molar-refractivity contribution >= 4 is 21.9 Å². The summed E-state index contributed by atoms with van der Waals surface area (Å²) < 4.78 is 5.56. The number of ether oxygens (including phenoxy) is 1. The summed E-state index contributed by atoms with van der Waals surface area (Å²) in [5, 5.41) is 9.86. The van der Waals surface area contributed by atoms with Gasteiger partial charge in [0.1, 0.15) is 12.1 Å². The summed E-state index contributed by atoms with van der Waals surface area (Å²) in [4.78, 5) is 11.3. The van der Waals surface area contributed by atoms with Crippen molar-refractivity contribution in [1.82, 2.24) is 0 Å². The lowest BCUT2D eigenvalue weighted by Gasteiger charge is -2.17. The molecule has 0 fully saturated rings. The van der Waals surface area contributed by atoms with Crippen LogP contribution >= 0.6 is 15.9 Å². The second kappa shape index (κ2) is 5.98. The minimum atomic E-state index is -1.06. The number of benzene rings is 1. The number of esters is 1. The van der Waals surface area contributed by atoms with E-state index in [-0.39, 0.29) is 6.61 Å². The van der Waals surface area contributed by atoms with Crippen LogP contribution in [0.3, 0.4) is 0 Å². The maximum absolute atomic E-state index is 11.3. The van der Waals surface area contributed by atoms with Crippen LogP contribution in [0.5, 0.6) is 0 Å². The van der Waals surface area contributed by atoms with E-state index in [1.54, 1.807) is 25.1 Å². The number of hydrogen-bond acceptors (Lipinski definition) is 4. The van der Waals surface area contributed by atoms with Gasteiger partial charge >= 0.3 is 5.97 Å². The van der Waals surface area contributed by atoms with E-state index in [1.165, 1.54) is 0 Å². The fourth-order valence-electron chi connectivity index (χ4n) is 1.27. The molecule has 2 atom stereocenters. The molecule has 0 spiro atoms. The molecular weight excluding hydrogens is 274 g/mol. The summed E-state index contributed by atoms with van der Waals surface area (Å²) in [5.41, 5.74) is 6.17. The molecule has 0 aliphatic carbocycles. The highest BCUT2D eigenvalue weighted by atomic mass is 79.9. The van der Waals surface area contributed by atoms with E-state index in [2.05, 4.69) is 15.9 Å². The molecule has 1 rings (SSSR count). The van der Waals surface area contributed by atoms with Gasteiger partial charge in [0.25, 0.3) is 0 Å². The maximum Gasteiger partial charge on any atom is 0.325 e. The van der Waals surface area contributed by atoms with Crippen LogP contribution in [0.15, 0.2) is 28.7 Å². The number of rotatable bonds is 4. The van der Waals surface area contributed by atoms with Gasteiger partial charge in [-0.25, -0.2) is 0 Å². The third kappa shape index (κ3) is 3.30. The SMILES string of the molecule is CCOC(=O)C(N)C(O)c1cccc(Br)c1. The van der Waals surface area contributed by atoms with Crippen molar-refractivity contribution in [1.29, 1.82) is 0 Å². The third-order valence-electron chi connectivity index (χ3n) is 2.09. The van der Waals surface area contributed by atoms with E-state index >= 15 is 0 Å². The molecular formula is C11H14BrNO3. The predicted molar refractivity (Wildman–Crippen MR) is 63.7 cm³/mol. The van der Waals surface area contributed by atoms with Crippen molar-refractivity contribution in [3.8, 4) is 0 Å². The van der Waals surface area contributed by atoms with E-state index in [9.17, 15) is 9.90 Å². The molecule has 0 saturated carbocycles. The Morgan fingerprint density at radius 1 is 1.62 bits per heavy atom. The lowest BCUT2D eigenvalue weighted by atomic mass is 10.0. The normalized spacial score (nSPS) is 14.2. The predicted octanol–water partition coefficient (Wildman–Crippen LogP) is 1.37. The number of aliphatic hydroxyl groups is 1. The zero-order valence-corrected chi connectivity index (χ0v) is 10.5. The quantitative estimate of drug-likeness (QED) is 0.821. The van der Waals surface area contributed by atoms with Crippen LogP contribution in [0, 0.1) is 0 Å². The molecule has 0 aliphatic heterocycles. The molecule has 88 valence electrons. The highest BCUT2D eigenvalue weighted by Crippen LogP contribution is 2.20. The Morgan fingerprint density at radius 3 is 2.88 bits per heavy atom. The van der Waals surface area contributed by atoms with Gasteiger partial charge in [-0.05, 0) is 24.6 Å². The van der Waals surface area contributed by atoms with Crippen molar-refractivity contribution in [3.05, 3.63) is 34.3 Å². The van der Waals surface area contributed by atoms with Gasteiger partial charge < -0.3 is 15.6 Å². The molecule has 5 heteroatoms. The Kier molecular flexibility index (Phi) is 4.92. The van der Waals surface area contributed by atoms with Crippen molar-refractivity contribution in [3.63, 3.8) is 0 Å². The largest absolute Gasteiger partial charge is 0.465 e. The molecule has 0 aliphatic rings. The van der Waals surface area contributed by atoms with Crippen molar-refractivity contribution in [2.24, 2.45) is 5.73 Å². The van der Waals surface area contributed by atoms with Gasteiger partial charge in [0.2, 0.25) is 0 Å². The zero-order chi connectivity index (χ0) is 12.1. The Hall–Kier alpha value is -0.910. The van der Waals surface area contributed by atoms with E-state index in [4.69, 9.17) is 10.5 Å². The number of halogens is 1. The number of carbonyl (C=O) groups is 1. The molecule has 4 nitrogen and oxygen atoms in total. The summed E-state index contributed by atoms with van der Waals surface area (Å²) in [6.07, 6.45) is -1.06. The molecule has 1 aromatic rings. The van der Waals surface area contributed by atoms with Crippen LogP contribution < -0.4 is 5.73 Å². The van der Waals surface area contributed by atoms with E-state index in [0.717, 1.165) is 4.47 Å². The van der Waals surface area contributed by atoms with E-state index in [1.807, 2.05) is 6.07 Å². The first kappa shape index (κ1) is 13.2. The summed E-state index contributed by atoms with van der Waals surface area (Å²) >= 11 is 3.28. The molecule has 3 N–H and O–H groups in total. The Labute approximate surface area is 103 Å². The van der Waals surface area contributed by atoms with Crippen LogP contribution in [-0.2, 0) is 9.53 Å². The Balaban J connectivity index is 2.77. The van der Waals surface area contributed by atoms with Gasteiger partial charge in [0, 0.05) is 4.47 Å². The minimum Gasteiger partial charge on any atom is -0.465 e. The first-order valence-electron chi connectivity index (χ1n) is 4.92. The molecule has 0 heterocycles. The summed E-state index contributed by atoms with van der Waals surface area (Å²) in [6.45, 7) is 1.94. The zero-order valence-electron chi connectivity index (χ0n) is 8.89. The van der Waals surface area contributed by atoms with Gasteiger partial charge in [-0.2, -0.15) is 0 Å². The van der Waals surface area contributed by atoms with Crippen LogP contribution in [0.25, 0.3) is 0 Å². The van der Waals surface area contributed by atoms with Gasteiger partial charge in [0.15, 0.2) is 0 Å². The average Bonchev–Trinajstić information content (AvgIpc) is 2.27. The van der Waals surface area contributed by atoms with Crippen molar-refractivity contribution in [2.75, 3.05) is 6.61 Å². The minimum absolute atomic E-state index is 0.248. The lowest BCUT2D eigenvalue weighted by molar-refractivity contribution is -0.147. The second-order valence-corrected chi connectivity index (χ2v) is 4.19. The van der Waals surface area contributed by atoms with Crippen LogP contribution in [-0.4, -0.2) is 23.7 Å². The summed E-state index contributed by atoms with van der Waals surface area (Å²) in [6, 6.07) is 5.94. The molecule has 0 amide bonds. The van der Waals surface area contributed by atoms with Crippen molar-refractivity contribution < 1.29 is 14.6 Å². The number of hydrogen-bond donors (Lipinski definition) is 2. The van der Waals surface area contributed by atoms with Crippen LogP contribution in [0.1, 0.15) is 18.6 Å². The highest BCUT2D eigenvalue weighted by molar-refractivity contribution is 9.10. The molecule has 0 saturated heterocycles.